The molecule has 112 valence electrons. The van der Waals surface area contributed by atoms with Crippen LogP contribution in [0, 0.1) is 27.7 Å². The van der Waals surface area contributed by atoms with E-state index in [9.17, 15) is 0 Å². The van der Waals surface area contributed by atoms with E-state index in [-0.39, 0.29) is 0 Å². The highest BCUT2D eigenvalue weighted by Crippen LogP contribution is 2.25. The van der Waals surface area contributed by atoms with Crippen molar-refractivity contribution in [3.8, 4) is 0 Å². The minimum atomic E-state index is 0.306. The highest BCUT2D eigenvalue weighted by Gasteiger charge is 2.16. The molecule has 0 aromatic carbocycles. The van der Waals surface area contributed by atoms with Crippen molar-refractivity contribution in [2.75, 3.05) is 0 Å². The van der Waals surface area contributed by atoms with E-state index < -0.39 is 0 Å². The highest BCUT2D eigenvalue weighted by molar-refractivity contribution is 7.15. The minimum absolute atomic E-state index is 0.306. The topological polar surface area (TPSA) is 42.2 Å². The number of imidazole rings is 1. The van der Waals surface area contributed by atoms with Crippen LogP contribution in [0.5, 0.6) is 0 Å². The average Bonchev–Trinajstić information content (AvgIpc) is 3.03. The molecule has 0 saturated heterocycles. The Morgan fingerprint density at radius 1 is 1.19 bits per heavy atom. The van der Waals surface area contributed by atoms with E-state index in [2.05, 4.69) is 59.7 Å². The summed E-state index contributed by atoms with van der Waals surface area (Å²) in [7, 11) is 0. The van der Waals surface area contributed by atoms with Crippen molar-refractivity contribution in [2.24, 2.45) is 0 Å². The summed E-state index contributed by atoms with van der Waals surface area (Å²) in [6.07, 6.45) is 0. The van der Waals surface area contributed by atoms with Crippen LogP contribution in [0.1, 0.15) is 45.6 Å². The lowest BCUT2D eigenvalue weighted by Crippen LogP contribution is -2.19. The van der Waals surface area contributed by atoms with Crippen LogP contribution in [0.25, 0.3) is 4.96 Å². The predicted octanol–water partition coefficient (Wildman–Crippen LogP) is 3.94. The normalized spacial score (nSPS) is 13.2. The predicted molar refractivity (Wildman–Crippen MR) is 89.4 cm³/mol. The number of thiazole rings is 2. The Labute approximate surface area is 132 Å². The van der Waals surface area contributed by atoms with Crippen LogP contribution in [-0.2, 0) is 6.54 Å². The van der Waals surface area contributed by atoms with Crippen molar-refractivity contribution in [3.63, 3.8) is 0 Å². The third-order valence-corrected chi connectivity index (χ3v) is 5.94. The molecular formula is C15H20N4S2. The first-order valence-corrected chi connectivity index (χ1v) is 8.76. The number of nitrogens with one attached hydrogen (secondary N) is 1. The Morgan fingerprint density at radius 2 is 1.95 bits per heavy atom. The lowest BCUT2D eigenvalue weighted by molar-refractivity contribution is 0.568. The maximum atomic E-state index is 4.64. The second-order valence-electron chi connectivity index (χ2n) is 5.42. The number of rotatable bonds is 4. The largest absolute Gasteiger partial charge is 0.304 e. The summed E-state index contributed by atoms with van der Waals surface area (Å²) in [4.78, 5) is 11.6. The van der Waals surface area contributed by atoms with Gasteiger partial charge in [0.1, 0.15) is 0 Å². The maximum Gasteiger partial charge on any atom is 0.194 e. The van der Waals surface area contributed by atoms with E-state index in [4.69, 9.17) is 0 Å². The van der Waals surface area contributed by atoms with Crippen LogP contribution >= 0.6 is 22.7 Å². The molecule has 0 aliphatic carbocycles. The van der Waals surface area contributed by atoms with E-state index in [1.165, 1.54) is 16.3 Å². The molecule has 0 fully saturated rings. The molecule has 1 atom stereocenters. The zero-order chi connectivity index (χ0) is 15.1. The second kappa shape index (κ2) is 5.51. The third kappa shape index (κ3) is 2.63. The number of hydrogen-bond acceptors (Lipinski definition) is 5. The fourth-order valence-corrected chi connectivity index (χ4v) is 4.55. The Kier molecular flexibility index (Phi) is 3.86. The number of hydrogen-bond donors (Lipinski definition) is 1. The van der Waals surface area contributed by atoms with Gasteiger partial charge in [-0.1, -0.05) is 0 Å². The van der Waals surface area contributed by atoms with Crippen molar-refractivity contribution in [3.05, 3.63) is 38.0 Å². The van der Waals surface area contributed by atoms with Gasteiger partial charge in [-0.25, -0.2) is 9.97 Å². The third-order valence-electron chi connectivity index (χ3n) is 3.74. The Balaban J connectivity index is 1.81. The van der Waals surface area contributed by atoms with Crippen LogP contribution in [0.4, 0.5) is 0 Å². The van der Waals surface area contributed by atoms with E-state index in [1.54, 1.807) is 22.7 Å². The van der Waals surface area contributed by atoms with Crippen molar-refractivity contribution < 1.29 is 0 Å². The smallest absolute Gasteiger partial charge is 0.194 e. The molecule has 1 unspecified atom stereocenters. The quantitative estimate of drug-likeness (QED) is 0.792. The lowest BCUT2D eigenvalue weighted by atomic mass is 10.2. The molecule has 4 nitrogen and oxygen atoms in total. The summed E-state index contributed by atoms with van der Waals surface area (Å²) in [5, 5.41) is 6.91. The van der Waals surface area contributed by atoms with Crippen LogP contribution < -0.4 is 5.32 Å². The van der Waals surface area contributed by atoms with Gasteiger partial charge in [0.2, 0.25) is 0 Å². The fraction of sp³-hybridized carbons (Fsp3) is 0.467. The molecule has 1 N–H and O–H groups in total. The van der Waals surface area contributed by atoms with Gasteiger partial charge in [-0.3, -0.25) is 4.40 Å². The summed E-state index contributed by atoms with van der Waals surface area (Å²) in [6, 6.07) is 0.306. The first-order valence-electron chi connectivity index (χ1n) is 7.06. The van der Waals surface area contributed by atoms with Gasteiger partial charge < -0.3 is 5.32 Å². The highest BCUT2D eigenvalue weighted by atomic mass is 32.1. The molecule has 21 heavy (non-hydrogen) atoms. The fourth-order valence-electron chi connectivity index (χ4n) is 2.67. The Hall–Kier alpha value is -1.24. The summed E-state index contributed by atoms with van der Waals surface area (Å²) in [5.74, 6) is 0. The molecule has 0 saturated carbocycles. The molecule has 0 aliphatic rings. The van der Waals surface area contributed by atoms with Gasteiger partial charge in [0.05, 0.1) is 22.1 Å². The van der Waals surface area contributed by atoms with Crippen molar-refractivity contribution in [1.82, 2.24) is 19.7 Å². The van der Waals surface area contributed by atoms with Crippen molar-refractivity contribution >= 4 is 27.6 Å². The van der Waals surface area contributed by atoms with E-state index in [0.717, 1.165) is 27.9 Å². The van der Waals surface area contributed by atoms with Crippen molar-refractivity contribution in [1.29, 1.82) is 0 Å². The van der Waals surface area contributed by atoms with E-state index in [0.29, 0.717) is 6.04 Å². The van der Waals surface area contributed by atoms with Gasteiger partial charge in [-0.15, -0.1) is 22.7 Å². The van der Waals surface area contributed by atoms with Crippen LogP contribution in [0.2, 0.25) is 0 Å². The maximum absolute atomic E-state index is 4.64. The standard InChI is InChI=1S/C15H20N4S2/c1-8-7-20-15-18-9(2)13(19(8)15)6-16-10(3)14-11(4)17-12(5)21-14/h7,10,16H,6H2,1-5H3. The zero-order valence-corrected chi connectivity index (χ0v) is 14.7. The zero-order valence-electron chi connectivity index (χ0n) is 13.0. The number of aromatic nitrogens is 3. The molecule has 3 heterocycles. The summed E-state index contributed by atoms with van der Waals surface area (Å²) < 4.78 is 2.25. The van der Waals surface area contributed by atoms with Crippen LogP contribution in [-0.4, -0.2) is 14.4 Å². The molecule has 3 aromatic rings. The van der Waals surface area contributed by atoms with Crippen LogP contribution in [0.3, 0.4) is 0 Å². The van der Waals surface area contributed by atoms with E-state index >= 15 is 0 Å². The number of nitrogens with zero attached hydrogens (tertiary/aromatic N) is 3. The number of aryl methyl sites for hydroxylation is 4. The molecule has 3 aromatic heterocycles. The average molecular weight is 320 g/mol. The van der Waals surface area contributed by atoms with Gasteiger partial charge >= 0.3 is 0 Å². The first kappa shape index (κ1) is 14.7. The summed E-state index contributed by atoms with van der Waals surface area (Å²) >= 11 is 3.48. The van der Waals surface area contributed by atoms with E-state index in [1.807, 2.05) is 0 Å². The summed E-state index contributed by atoms with van der Waals surface area (Å²) in [5.41, 5.74) is 4.76. The van der Waals surface area contributed by atoms with Gasteiger partial charge in [-0.2, -0.15) is 0 Å². The first-order chi connectivity index (χ1) is 9.97. The van der Waals surface area contributed by atoms with Crippen molar-refractivity contribution in [2.45, 2.75) is 47.2 Å². The molecule has 0 bridgehead atoms. The second-order valence-corrected chi connectivity index (χ2v) is 7.50. The molecule has 0 aliphatic heterocycles. The SMILES string of the molecule is Cc1nc(C)c(C(C)NCc2c(C)nc3scc(C)n23)s1. The molecule has 0 spiro atoms. The van der Waals surface area contributed by atoms with Crippen LogP contribution in [0.15, 0.2) is 5.38 Å². The monoisotopic (exact) mass is 320 g/mol. The van der Waals surface area contributed by atoms with Gasteiger partial charge in [-0.05, 0) is 34.6 Å². The summed E-state index contributed by atoms with van der Waals surface area (Å²) in [6.45, 7) is 11.4. The Morgan fingerprint density at radius 3 is 2.62 bits per heavy atom. The lowest BCUT2D eigenvalue weighted by Gasteiger charge is -2.13. The molecule has 0 radical (unpaired) electrons. The molecule has 0 amide bonds. The minimum Gasteiger partial charge on any atom is -0.304 e. The molecule has 3 rings (SSSR count). The molecular weight excluding hydrogens is 300 g/mol. The molecule has 6 heteroatoms. The van der Waals surface area contributed by atoms with Gasteiger partial charge in [0.15, 0.2) is 4.96 Å². The number of fused-ring (bicyclic) bond motifs is 1. The van der Waals surface area contributed by atoms with Gasteiger partial charge in [0, 0.05) is 28.5 Å². The van der Waals surface area contributed by atoms with Gasteiger partial charge in [0.25, 0.3) is 0 Å². The Bertz CT molecular complexity index is 781.